The maximum Gasteiger partial charge on any atom is 0.106 e. The van der Waals surface area contributed by atoms with Gasteiger partial charge in [0.05, 0.1) is 5.01 Å². The van der Waals surface area contributed by atoms with E-state index in [0.717, 1.165) is 27.3 Å². The lowest BCUT2D eigenvalue weighted by Crippen LogP contribution is -2.16. The number of thiazole rings is 1. The van der Waals surface area contributed by atoms with E-state index in [0.29, 0.717) is 10.9 Å². The maximum absolute atomic E-state index is 5.74. The largest absolute Gasteiger partial charge is 0.389 e. The maximum atomic E-state index is 5.74. The van der Waals surface area contributed by atoms with E-state index in [1.165, 1.54) is 0 Å². The van der Waals surface area contributed by atoms with Gasteiger partial charge in [-0.1, -0.05) is 35.1 Å². The zero-order valence-electron chi connectivity index (χ0n) is 10.4. The molecule has 3 nitrogen and oxygen atoms in total. The highest BCUT2D eigenvalue weighted by atomic mass is 79.9. The second-order valence-electron chi connectivity index (χ2n) is 4.21. The number of nitrogens with zero attached hydrogens (tertiary/aromatic N) is 1. The fourth-order valence-electron chi connectivity index (χ4n) is 1.70. The van der Waals surface area contributed by atoms with E-state index < -0.39 is 0 Å². The van der Waals surface area contributed by atoms with Crippen LogP contribution in [0.1, 0.15) is 23.4 Å². The Bertz CT molecular complexity index is 569. The quantitative estimate of drug-likeness (QED) is 0.801. The number of benzene rings is 1. The number of thiocarbonyl (C=S) groups is 1. The summed E-state index contributed by atoms with van der Waals surface area (Å²) in [7, 11) is 0. The van der Waals surface area contributed by atoms with Crippen LogP contribution in [0.15, 0.2) is 34.2 Å². The fraction of sp³-hybridized carbons (Fsp3) is 0.231. The van der Waals surface area contributed by atoms with Gasteiger partial charge in [-0.2, -0.15) is 0 Å². The molecule has 2 rings (SSSR count). The molecule has 0 aliphatic carbocycles. The van der Waals surface area contributed by atoms with E-state index in [9.17, 15) is 0 Å². The first-order valence-electron chi connectivity index (χ1n) is 5.80. The predicted molar refractivity (Wildman–Crippen MR) is 89.0 cm³/mol. The van der Waals surface area contributed by atoms with Crippen LogP contribution in [-0.4, -0.2) is 16.5 Å². The lowest BCUT2D eigenvalue weighted by atomic mass is 10.1. The van der Waals surface area contributed by atoms with Crippen molar-refractivity contribution in [3.05, 3.63) is 44.8 Å². The molecule has 0 saturated heterocycles. The third kappa shape index (κ3) is 3.75. The normalized spacial score (nSPS) is 12.1. The van der Waals surface area contributed by atoms with E-state index in [2.05, 4.69) is 33.2 Å². The number of anilines is 1. The van der Waals surface area contributed by atoms with E-state index >= 15 is 0 Å². The van der Waals surface area contributed by atoms with Crippen molar-refractivity contribution in [3.63, 3.8) is 0 Å². The number of rotatable bonds is 5. The number of hydrogen-bond acceptors (Lipinski definition) is 4. The zero-order valence-corrected chi connectivity index (χ0v) is 13.6. The Morgan fingerprint density at radius 1 is 1.58 bits per heavy atom. The molecule has 0 spiro atoms. The van der Waals surface area contributed by atoms with Gasteiger partial charge in [0.2, 0.25) is 0 Å². The summed E-state index contributed by atoms with van der Waals surface area (Å²) in [5, 5.41) is 6.51. The van der Waals surface area contributed by atoms with Gasteiger partial charge in [0.15, 0.2) is 0 Å². The van der Waals surface area contributed by atoms with Crippen molar-refractivity contribution in [2.45, 2.75) is 12.8 Å². The lowest BCUT2D eigenvalue weighted by Gasteiger charge is -2.14. The van der Waals surface area contributed by atoms with Gasteiger partial charge in [-0.15, -0.1) is 11.3 Å². The first kappa shape index (κ1) is 14.4. The standard InChI is InChI=1S/C13H14BrN3S2/c1-8(13-16-4-5-19-13)7-17-11-3-2-9(14)6-10(11)12(15)18/h2-6,8,17H,7H2,1H3,(H2,15,18). The molecule has 1 aromatic heterocycles. The summed E-state index contributed by atoms with van der Waals surface area (Å²) >= 11 is 10.2. The molecule has 0 saturated carbocycles. The minimum absolute atomic E-state index is 0.350. The van der Waals surface area contributed by atoms with Crippen LogP contribution >= 0.6 is 39.5 Å². The molecule has 1 atom stereocenters. The summed E-state index contributed by atoms with van der Waals surface area (Å²) in [6.07, 6.45) is 1.83. The number of nitrogens with one attached hydrogen (secondary N) is 1. The summed E-state index contributed by atoms with van der Waals surface area (Å²) in [6.45, 7) is 2.94. The minimum Gasteiger partial charge on any atom is -0.389 e. The average Bonchev–Trinajstić information content (AvgIpc) is 2.90. The van der Waals surface area contributed by atoms with Crippen LogP contribution < -0.4 is 11.1 Å². The number of hydrogen-bond donors (Lipinski definition) is 2. The van der Waals surface area contributed by atoms with Crippen molar-refractivity contribution in [3.8, 4) is 0 Å². The molecule has 100 valence electrons. The van der Waals surface area contributed by atoms with Gasteiger partial charge in [0.1, 0.15) is 4.99 Å². The van der Waals surface area contributed by atoms with Crippen molar-refractivity contribution < 1.29 is 0 Å². The van der Waals surface area contributed by atoms with Crippen LogP contribution in [0, 0.1) is 0 Å². The van der Waals surface area contributed by atoms with Crippen molar-refractivity contribution in [2.24, 2.45) is 5.73 Å². The molecule has 0 fully saturated rings. The first-order valence-corrected chi connectivity index (χ1v) is 7.88. The van der Waals surface area contributed by atoms with Gasteiger partial charge >= 0.3 is 0 Å². The van der Waals surface area contributed by atoms with Crippen LogP contribution in [0.2, 0.25) is 0 Å². The Kier molecular flexibility index (Phi) is 4.90. The molecule has 19 heavy (non-hydrogen) atoms. The highest BCUT2D eigenvalue weighted by Gasteiger charge is 2.10. The highest BCUT2D eigenvalue weighted by Crippen LogP contribution is 2.23. The van der Waals surface area contributed by atoms with Gasteiger partial charge in [-0.3, -0.25) is 0 Å². The summed E-state index contributed by atoms with van der Waals surface area (Å²) in [6, 6.07) is 5.88. The molecule has 1 aromatic carbocycles. The Labute approximate surface area is 130 Å². The molecule has 0 amide bonds. The molecule has 3 N–H and O–H groups in total. The van der Waals surface area contributed by atoms with Crippen molar-refractivity contribution >= 4 is 50.2 Å². The van der Waals surface area contributed by atoms with Gasteiger partial charge in [0.25, 0.3) is 0 Å². The number of nitrogens with two attached hydrogens (primary N) is 1. The summed E-state index contributed by atoms with van der Waals surface area (Å²) < 4.78 is 0.967. The minimum atomic E-state index is 0.350. The molecular formula is C13H14BrN3S2. The second-order valence-corrected chi connectivity index (χ2v) is 6.49. The van der Waals surface area contributed by atoms with Crippen molar-refractivity contribution in [1.82, 2.24) is 4.98 Å². The van der Waals surface area contributed by atoms with E-state index in [4.69, 9.17) is 18.0 Å². The smallest absolute Gasteiger partial charge is 0.106 e. The molecule has 0 radical (unpaired) electrons. The fourth-order valence-corrected chi connectivity index (χ4v) is 2.93. The van der Waals surface area contributed by atoms with E-state index in [1.807, 2.05) is 29.8 Å². The second kappa shape index (κ2) is 6.45. The van der Waals surface area contributed by atoms with Gasteiger partial charge in [-0.05, 0) is 18.2 Å². The molecule has 6 heteroatoms. The topological polar surface area (TPSA) is 50.9 Å². The van der Waals surface area contributed by atoms with Gasteiger partial charge in [0, 0.05) is 39.8 Å². The molecule has 0 aliphatic rings. The monoisotopic (exact) mass is 355 g/mol. The Hall–Kier alpha value is -0.980. The van der Waals surface area contributed by atoms with Crippen LogP contribution in [0.25, 0.3) is 0 Å². The van der Waals surface area contributed by atoms with Gasteiger partial charge in [-0.25, -0.2) is 4.98 Å². The Morgan fingerprint density at radius 3 is 3.00 bits per heavy atom. The summed E-state index contributed by atoms with van der Waals surface area (Å²) in [5.41, 5.74) is 7.56. The molecule has 0 bridgehead atoms. The first-order chi connectivity index (χ1) is 9.08. The highest BCUT2D eigenvalue weighted by molar-refractivity contribution is 9.10. The third-order valence-corrected chi connectivity index (χ3v) is 4.44. The van der Waals surface area contributed by atoms with Crippen molar-refractivity contribution in [1.29, 1.82) is 0 Å². The number of halogens is 1. The van der Waals surface area contributed by atoms with Crippen LogP contribution in [0.4, 0.5) is 5.69 Å². The van der Waals surface area contributed by atoms with E-state index in [-0.39, 0.29) is 0 Å². The Morgan fingerprint density at radius 2 is 2.37 bits per heavy atom. The van der Waals surface area contributed by atoms with Crippen molar-refractivity contribution in [2.75, 3.05) is 11.9 Å². The van der Waals surface area contributed by atoms with Crippen LogP contribution in [0.5, 0.6) is 0 Å². The summed E-state index contributed by atoms with van der Waals surface area (Å²) in [5.74, 6) is 0.350. The van der Waals surface area contributed by atoms with Crippen LogP contribution in [-0.2, 0) is 0 Å². The van der Waals surface area contributed by atoms with Gasteiger partial charge < -0.3 is 11.1 Å². The third-order valence-electron chi connectivity index (χ3n) is 2.72. The molecular weight excluding hydrogens is 342 g/mol. The molecule has 1 unspecified atom stereocenters. The SMILES string of the molecule is CC(CNc1ccc(Br)cc1C(N)=S)c1nccs1. The molecule has 0 aliphatic heterocycles. The lowest BCUT2D eigenvalue weighted by molar-refractivity contribution is 0.795. The average molecular weight is 356 g/mol. The predicted octanol–water partition coefficient (Wildman–Crippen LogP) is 3.76. The van der Waals surface area contributed by atoms with Crippen LogP contribution in [0.3, 0.4) is 0 Å². The molecule has 1 heterocycles. The summed E-state index contributed by atoms with van der Waals surface area (Å²) in [4.78, 5) is 4.71. The van der Waals surface area contributed by atoms with E-state index in [1.54, 1.807) is 11.3 Å². The molecule has 2 aromatic rings. The zero-order chi connectivity index (χ0) is 13.8. The number of aromatic nitrogens is 1. The Balaban J connectivity index is 2.09.